The first-order chi connectivity index (χ1) is 13.6. The molecule has 0 atom stereocenters. The number of aromatic nitrogens is 4. The van der Waals surface area contributed by atoms with E-state index in [-0.39, 0.29) is 5.91 Å². The van der Waals surface area contributed by atoms with E-state index in [2.05, 4.69) is 20.4 Å². The molecule has 0 unspecified atom stereocenters. The van der Waals surface area contributed by atoms with Crippen molar-refractivity contribution < 1.29 is 4.79 Å². The van der Waals surface area contributed by atoms with Gasteiger partial charge < -0.3 is 10.2 Å². The van der Waals surface area contributed by atoms with E-state index >= 15 is 0 Å². The molecule has 0 bridgehead atoms. The standard InChI is InChI=1S/C21H24N6O/c1-3-22-19-9-10-23-20(25-19)16-5-4-6-17(11-16)21(28)27(18-7-8-18)14-15-12-24-26(2)13-15/h4-6,9-13,18H,3,7-8,14H2,1-2H3,(H,22,23,25). The molecule has 0 spiro atoms. The Morgan fingerprint density at radius 1 is 1.32 bits per heavy atom. The second-order valence-electron chi connectivity index (χ2n) is 7.06. The fourth-order valence-corrected chi connectivity index (χ4v) is 3.24. The second-order valence-corrected chi connectivity index (χ2v) is 7.06. The summed E-state index contributed by atoms with van der Waals surface area (Å²) in [6.45, 7) is 3.39. The Kier molecular flexibility index (Phi) is 5.06. The molecule has 1 aliphatic rings. The van der Waals surface area contributed by atoms with E-state index in [1.807, 2.05) is 61.6 Å². The van der Waals surface area contributed by atoms with Crippen LogP contribution in [0.5, 0.6) is 0 Å². The number of nitrogens with one attached hydrogen (secondary N) is 1. The van der Waals surface area contributed by atoms with Crippen molar-refractivity contribution in [3.63, 3.8) is 0 Å². The number of hydrogen-bond acceptors (Lipinski definition) is 5. The zero-order chi connectivity index (χ0) is 19.5. The van der Waals surface area contributed by atoms with Crippen LogP contribution in [0.4, 0.5) is 5.82 Å². The molecule has 0 radical (unpaired) electrons. The van der Waals surface area contributed by atoms with Crippen molar-refractivity contribution in [2.75, 3.05) is 11.9 Å². The van der Waals surface area contributed by atoms with Crippen molar-refractivity contribution >= 4 is 11.7 Å². The highest BCUT2D eigenvalue weighted by Gasteiger charge is 2.33. The Morgan fingerprint density at radius 3 is 2.89 bits per heavy atom. The molecule has 1 aliphatic carbocycles. The number of carbonyl (C=O) groups is 1. The first kappa shape index (κ1) is 18.2. The summed E-state index contributed by atoms with van der Waals surface area (Å²) in [5, 5.41) is 7.41. The van der Waals surface area contributed by atoms with Gasteiger partial charge in [0.1, 0.15) is 5.82 Å². The normalized spacial score (nSPS) is 13.4. The third-order valence-corrected chi connectivity index (χ3v) is 4.74. The summed E-state index contributed by atoms with van der Waals surface area (Å²) in [5.41, 5.74) is 2.54. The lowest BCUT2D eigenvalue weighted by atomic mass is 10.1. The minimum atomic E-state index is 0.0380. The van der Waals surface area contributed by atoms with Gasteiger partial charge in [-0.25, -0.2) is 9.97 Å². The molecule has 144 valence electrons. The van der Waals surface area contributed by atoms with Gasteiger partial charge in [0, 0.05) is 55.3 Å². The maximum absolute atomic E-state index is 13.2. The Labute approximate surface area is 164 Å². The first-order valence-corrected chi connectivity index (χ1v) is 9.60. The second kappa shape index (κ2) is 7.80. The monoisotopic (exact) mass is 376 g/mol. The molecule has 28 heavy (non-hydrogen) atoms. The number of anilines is 1. The van der Waals surface area contributed by atoms with Crippen LogP contribution >= 0.6 is 0 Å². The van der Waals surface area contributed by atoms with Gasteiger partial charge in [0.15, 0.2) is 5.82 Å². The minimum absolute atomic E-state index is 0.0380. The molecule has 1 amide bonds. The highest BCUT2D eigenvalue weighted by Crippen LogP contribution is 2.30. The van der Waals surface area contributed by atoms with Crippen molar-refractivity contribution in [2.24, 2.45) is 7.05 Å². The smallest absolute Gasteiger partial charge is 0.254 e. The lowest BCUT2D eigenvalue weighted by Crippen LogP contribution is -2.32. The topological polar surface area (TPSA) is 75.9 Å². The lowest BCUT2D eigenvalue weighted by Gasteiger charge is -2.22. The number of benzene rings is 1. The summed E-state index contributed by atoms with van der Waals surface area (Å²) in [6, 6.07) is 9.71. The van der Waals surface area contributed by atoms with Gasteiger partial charge in [0.2, 0.25) is 0 Å². The van der Waals surface area contributed by atoms with Crippen molar-refractivity contribution in [3.05, 3.63) is 60.0 Å². The summed E-state index contributed by atoms with van der Waals surface area (Å²) in [7, 11) is 1.89. The Bertz CT molecular complexity index is 978. The Morgan fingerprint density at radius 2 is 2.18 bits per heavy atom. The van der Waals surface area contributed by atoms with Gasteiger partial charge >= 0.3 is 0 Å². The minimum Gasteiger partial charge on any atom is -0.370 e. The quantitative estimate of drug-likeness (QED) is 0.686. The van der Waals surface area contributed by atoms with Crippen LogP contribution in [0.3, 0.4) is 0 Å². The summed E-state index contributed by atoms with van der Waals surface area (Å²) in [6.07, 6.45) is 7.62. The number of carbonyl (C=O) groups excluding carboxylic acids is 1. The van der Waals surface area contributed by atoms with Crippen LogP contribution in [-0.2, 0) is 13.6 Å². The van der Waals surface area contributed by atoms with Crippen molar-refractivity contribution in [1.29, 1.82) is 0 Å². The summed E-state index contributed by atoms with van der Waals surface area (Å²) >= 11 is 0. The molecule has 4 rings (SSSR count). The number of hydrogen-bond donors (Lipinski definition) is 1. The van der Waals surface area contributed by atoms with Gasteiger partial charge in [-0.3, -0.25) is 9.48 Å². The molecule has 0 aliphatic heterocycles. The predicted molar refractivity (Wildman–Crippen MR) is 108 cm³/mol. The van der Waals surface area contributed by atoms with Crippen molar-refractivity contribution in [2.45, 2.75) is 32.4 Å². The van der Waals surface area contributed by atoms with Crippen LogP contribution in [0.1, 0.15) is 35.7 Å². The van der Waals surface area contributed by atoms with E-state index in [1.165, 1.54) is 0 Å². The zero-order valence-electron chi connectivity index (χ0n) is 16.2. The first-order valence-electron chi connectivity index (χ1n) is 9.60. The largest absolute Gasteiger partial charge is 0.370 e. The average molecular weight is 376 g/mol. The van der Waals surface area contributed by atoms with E-state index in [9.17, 15) is 4.79 Å². The Hall–Kier alpha value is -3.22. The van der Waals surface area contributed by atoms with Crippen LogP contribution in [0.2, 0.25) is 0 Å². The van der Waals surface area contributed by atoms with Crippen LogP contribution in [0, 0.1) is 0 Å². The lowest BCUT2D eigenvalue weighted by molar-refractivity contribution is 0.0730. The Balaban J connectivity index is 1.58. The molecular formula is C21H24N6O. The average Bonchev–Trinajstić information content (AvgIpc) is 3.48. The van der Waals surface area contributed by atoms with Crippen LogP contribution in [-0.4, -0.2) is 43.1 Å². The maximum atomic E-state index is 13.2. The molecule has 3 aromatic rings. The van der Waals surface area contributed by atoms with Crippen LogP contribution < -0.4 is 5.32 Å². The maximum Gasteiger partial charge on any atom is 0.254 e. The van der Waals surface area contributed by atoms with Gasteiger partial charge in [-0.1, -0.05) is 12.1 Å². The highest BCUT2D eigenvalue weighted by atomic mass is 16.2. The van der Waals surface area contributed by atoms with E-state index in [0.29, 0.717) is 24.0 Å². The van der Waals surface area contributed by atoms with Gasteiger partial charge in [-0.05, 0) is 38.0 Å². The summed E-state index contributed by atoms with van der Waals surface area (Å²) in [5.74, 6) is 1.43. The number of aryl methyl sites for hydroxylation is 1. The van der Waals surface area contributed by atoms with Crippen LogP contribution in [0.25, 0.3) is 11.4 Å². The SMILES string of the molecule is CCNc1ccnc(-c2cccc(C(=O)N(Cc3cnn(C)c3)C3CC3)c2)n1. The molecule has 0 saturated heterocycles. The number of nitrogens with zero attached hydrogens (tertiary/aromatic N) is 5. The number of amides is 1. The van der Waals surface area contributed by atoms with E-state index < -0.39 is 0 Å². The van der Waals surface area contributed by atoms with E-state index in [0.717, 1.165) is 36.3 Å². The van der Waals surface area contributed by atoms with Gasteiger partial charge in [-0.2, -0.15) is 5.10 Å². The van der Waals surface area contributed by atoms with Crippen molar-refractivity contribution in [3.8, 4) is 11.4 Å². The molecule has 7 nitrogen and oxygen atoms in total. The zero-order valence-corrected chi connectivity index (χ0v) is 16.2. The van der Waals surface area contributed by atoms with E-state index in [4.69, 9.17) is 0 Å². The summed E-state index contributed by atoms with van der Waals surface area (Å²) < 4.78 is 1.76. The van der Waals surface area contributed by atoms with Gasteiger partial charge in [0.05, 0.1) is 6.20 Å². The molecule has 1 saturated carbocycles. The molecule has 1 N–H and O–H groups in total. The van der Waals surface area contributed by atoms with E-state index in [1.54, 1.807) is 10.9 Å². The summed E-state index contributed by atoms with van der Waals surface area (Å²) in [4.78, 5) is 24.1. The fourth-order valence-electron chi connectivity index (χ4n) is 3.24. The van der Waals surface area contributed by atoms with Crippen LogP contribution in [0.15, 0.2) is 48.9 Å². The fraction of sp³-hybridized carbons (Fsp3) is 0.333. The molecule has 2 heterocycles. The van der Waals surface area contributed by atoms with Crippen molar-refractivity contribution in [1.82, 2.24) is 24.6 Å². The third kappa shape index (κ3) is 4.03. The molecule has 1 fully saturated rings. The molecule has 1 aromatic carbocycles. The van der Waals surface area contributed by atoms with Gasteiger partial charge in [-0.15, -0.1) is 0 Å². The van der Waals surface area contributed by atoms with Gasteiger partial charge in [0.25, 0.3) is 5.91 Å². The molecule has 2 aromatic heterocycles. The predicted octanol–water partition coefficient (Wildman–Crippen LogP) is 3.11. The molecular weight excluding hydrogens is 352 g/mol. The molecule has 7 heteroatoms. The number of rotatable bonds is 7. The third-order valence-electron chi connectivity index (χ3n) is 4.74. The highest BCUT2D eigenvalue weighted by molar-refractivity contribution is 5.95.